The van der Waals surface area contributed by atoms with Gasteiger partial charge in [-0.2, -0.15) is 4.31 Å². The van der Waals surface area contributed by atoms with Crippen molar-refractivity contribution in [1.29, 1.82) is 0 Å². The monoisotopic (exact) mass is 341 g/mol. The predicted octanol–water partition coefficient (Wildman–Crippen LogP) is 4.47. The molecule has 1 aliphatic rings. The number of benzene rings is 2. The lowest BCUT2D eigenvalue weighted by Crippen LogP contribution is -2.38. The number of rotatable bonds is 5. The normalized spacial score (nSPS) is 21.2. The molecule has 3 nitrogen and oxygen atoms in total. The largest absolute Gasteiger partial charge is 0.244 e. The second-order valence-electron chi connectivity index (χ2n) is 6.24. The summed E-state index contributed by atoms with van der Waals surface area (Å²) >= 11 is 0. The van der Waals surface area contributed by atoms with Gasteiger partial charge in [-0.1, -0.05) is 73.5 Å². The molecule has 0 saturated heterocycles. The first kappa shape index (κ1) is 16.9. The molecule has 0 fully saturated rings. The molecule has 1 heterocycles. The predicted molar refractivity (Wildman–Crippen MR) is 97.2 cm³/mol. The Morgan fingerprint density at radius 3 is 2.25 bits per heavy atom. The van der Waals surface area contributed by atoms with Crippen LogP contribution in [-0.2, 0) is 10.0 Å². The van der Waals surface area contributed by atoms with E-state index >= 15 is 0 Å². The van der Waals surface area contributed by atoms with Gasteiger partial charge in [0.2, 0.25) is 10.0 Å². The van der Waals surface area contributed by atoms with Gasteiger partial charge in [0, 0.05) is 6.04 Å². The van der Waals surface area contributed by atoms with Crippen LogP contribution in [0.4, 0.5) is 0 Å². The SMILES string of the molecule is CCCC1C=CC(c2ccccc2)N1S(=O)(=O)c1ccc(C)cc1. The number of hydrogen-bond acceptors (Lipinski definition) is 2. The number of hydrogen-bond donors (Lipinski definition) is 0. The summed E-state index contributed by atoms with van der Waals surface area (Å²) < 4.78 is 28.3. The minimum absolute atomic E-state index is 0.0912. The van der Waals surface area contributed by atoms with Gasteiger partial charge in [0.25, 0.3) is 0 Å². The van der Waals surface area contributed by atoms with Crippen molar-refractivity contribution in [2.75, 3.05) is 0 Å². The highest BCUT2D eigenvalue weighted by Gasteiger charge is 2.39. The number of sulfonamides is 1. The van der Waals surface area contributed by atoms with Crippen molar-refractivity contribution >= 4 is 10.0 Å². The van der Waals surface area contributed by atoms with Crippen molar-refractivity contribution in [3.63, 3.8) is 0 Å². The first-order valence-corrected chi connectivity index (χ1v) is 9.81. The molecule has 2 atom stereocenters. The van der Waals surface area contributed by atoms with E-state index in [1.165, 1.54) is 0 Å². The summed E-state index contributed by atoms with van der Waals surface area (Å²) in [7, 11) is -3.55. The van der Waals surface area contributed by atoms with Crippen molar-refractivity contribution < 1.29 is 8.42 Å². The lowest BCUT2D eigenvalue weighted by Gasteiger charge is -2.30. The fourth-order valence-corrected chi connectivity index (χ4v) is 4.94. The molecule has 3 rings (SSSR count). The highest BCUT2D eigenvalue weighted by molar-refractivity contribution is 7.89. The minimum Gasteiger partial charge on any atom is -0.207 e. The fourth-order valence-electron chi connectivity index (χ4n) is 3.20. The van der Waals surface area contributed by atoms with Gasteiger partial charge in [-0.15, -0.1) is 0 Å². The van der Waals surface area contributed by atoms with Gasteiger partial charge < -0.3 is 0 Å². The van der Waals surface area contributed by atoms with Gasteiger partial charge in [-0.3, -0.25) is 0 Å². The van der Waals surface area contributed by atoms with Crippen LogP contribution in [0.3, 0.4) is 0 Å². The van der Waals surface area contributed by atoms with Crippen molar-refractivity contribution in [2.45, 2.75) is 43.7 Å². The van der Waals surface area contributed by atoms with E-state index in [1.807, 2.05) is 61.5 Å². The maximum absolute atomic E-state index is 13.3. The molecule has 2 aromatic rings. The third kappa shape index (κ3) is 3.17. The van der Waals surface area contributed by atoms with E-state index in [-0.39, 0.29) is 12.1 Å². The van der Waals surface area contributed by atoms with E-state index < -0.39 is 10.0 Å². The zero-order valence-electron chi connectivity index (χ0n) is 14.1. The van der Waals surface area contributed by atoms with Gasteiger partial charge in [-0.05, 0) is 31.0 Å². The summed E-state index contributed by atoms with van der Waals surface area (Å²) in [6, 6.07) is 16.6. The second kappa shape index (κ2) is 6.91. The van der Waals surface area contributed by atoms with Crippen LogP contribution in [0, 0.1) is 6.92 Å². The van der Waals surface area contributed by atoms with Crippen molar-refractivity contribution in [3.8, 4) is 0 Å². The van der Waals surface area contributed by atoms with Crippen LogP contribution >= 0.6 is 0 Å². The van der Waals surface area contributed by atoms with Crippen molar-refractivity contribution in [2.24, 2.45) is 0 Å². The molecular weight excluding hydrogens is 318 g/mol. The Morgan fingerprint density at radius 1 is 0.958 bits per heavy atom. The van der Waals surface area contributed by atoms with Crippen LogP contribution in [0.5, 0.6) is 0 Å². The zero-order chi connectivity index (χ0) is 17.2. The molecule has 0 bridgehead atoms. The van der Waals surface area contributed by atoms with Crippen molar-refractivity contribution in [1.82, 2.24) is 4.31 Å². The molecule has 0 radical (unpaired) electrons. The maximum Gasteiger partial charge on any atom is 0.244 e. The molecule has 1 aliphatic heterocycles. The summed E-state index contributed by atoms with van der Waals surface area (Å²) in [6.07, 6.45) is 5.82. The minimum atomic E-state index is -3.55. The van der Waals surface area contributed by atoms with Crippen LogP contribution in [0.2, 0.25) is 0 Å². The molecule has 126 valence electrons. The van der Waals surface area contributed by atoms with Gasteiger partial charge in [-0.25, -0.2) is 8.42 Å². The van der Waals surface area contributed by atoms with Crippen LogP contribution in [0.25, 0.3) is 0 Å². The Balaban J connectivity index is 2.03. The van der Waals surface area contributed by atoms with Crippen LogP contribution in [0.1, 0.15) is 36.9 Å². The smallest absolute Gasteiger partial charge is 0.207 e. The number of aryl methyl sites for hydroxylation is 1. The summed E-state index contributed by atoms with van der Waals surface area (Å²) in [6.45, 7) is 4.04. The van der Waals surface area contributed by atoms with Gasteiger partial charge in [0.15, 0.2) is 0 Å². The Morgan fingerprint density at radius 2 is 1.62 bits per heavy atom. The standard InChI is InChI=1S/C20H23NO2S/c1-3-7-18-12-15-20(17-8-5-4-6-9-17)21(18)24(22,23)19-13-10-16(2)11-14-19/h4-6,8-15,18,20H,3,7H2,1-2H3. The van der Waals surface area contributed by atoms with E-state index in [0.717, 1.165) is 24.0 Å². The average Bonchev–Trinajstić information content (AvgIpc) is 3.01. The van der Waals surface area contributed by atoms with Crippen molar-refractivity contribution in [3.05, 3.63) is 77.9 Å². The molecule has 0 spiro atoms. The average molecular weight is 341 g/mol. The Labute approximate surface area is 144 Å². The molecule has 4 heteroatoms. The zero-order valence-corrected chi connectivity index (χ0v) is 14.9. The molecule has 0 N–H and O–H groups in total. The molecule has 24 heavy (non-hydrogen) atoms. The van der Waals surface area contributed by atoms with Crippen LogP contribution < -0.4 is 0 Å². The molecule has 2 aromatic carbocycles. The summed E-state index contributed by atoms with van der Waals surface area (Å²) in [5, 5.41) is 0. The highest BCUT2D eigenvalue weighted by atomic mass is 32.2. The van der Waals surface area contributed by atoms with Crippen LogP contribution in [-0.4, -0.2) is 18.8 Å². The van der Waals surface area contributed by atoms with E-state index in [4.69, 9.17) is 0 Å². The molecular formula is C20H23NO2S. The molecule has 0 saturated carbocycles. The molecule has 0 amide bonds. The van der Waals surface area contributed by atoms with Gasteiger partial charge in [0.05, 0.1) is 10.9 Å². The van der Waals surface area contributed by atoms with E-state index in [2.05, 4.69) is 6.92 Å². The highest BCUT2D eigenvalue weighted by Crippen LogP contribution is 2.37. The van der Waals surface area contributed by atoms with Crippen LogP contribution in [0.15, 0.2) is 71.6 Å². The molecule has 0 aliphatic carbocycles. The summed E-state index contributed by atoms with van der Waals surface area (Å²) in [5.41, 5.74) is 2.06. The fraction of sp³-hybridized carbons (Fsp3) is 0.300. The lowest BCUT2D eigenvalue weighted by atomic mass is 10.1. The van der Waals surface area contributed by atoms with Gasteiger partial charge in [0.1, 0.15) is 0 Å². The quantitative estimate of drug-likeness (QED) is 0.753. The Kier molecular flexibility index (Phi) is 4.88. The summed E-state index contributed by atoms with van der Waals surface area (Å²) in [4.78, 5) is 0.360. The third-order valence-corrected chi connectivity index (χ3v) is 6.36. The molecule has 2 unspecified atom stereocenters. The van der Waals surface area contributed by atoms with E-state index in [0.29, 0.717) is 4.90 Å². The summed E-state index contributed by atoms with van der Waals surface area (Å²) in [5.74, 6) is 0. The van der Waals surface area contributed by atoms with Gasteiger partial charge >= 0.3 is 0 Å². The lowest BCUT2D eigenvalue weighted by molar-refractivity contribution is 0.331. The first-order valence-electron chi connectivity index (χ1n) is 8.37. The topological polar surface area (TPSA) is 37.4 Å². The van der Waals surface area contributed by atoms with E-state index in [9.17, 15) is 8.42 Å². The Bertz CT molecular complexity index is 810. The number of nitrogens with zero attached hydrogens (tertiary/aromatic N) is 1. The Hall–Kier alpha value is -1.91. The molecule has 0 aromatic heterocycles. The first-order chi connectivity index (χ1) is 11.5. The second-order valence-corrected chi connectivity index (χ2v) is 8.09. The maximum atomic E-state index is 13.3. The van der Waals surface area contributed by atoms with E-state index in [1.54, 1.807) is 16.4 Å². The third-order valence-electron chi connectivity index (χ3n) is 4.44.